The van der Waals surface area contributed by atoms with E-state index in [2.05, 4.69) is 12.1 Å². The summed E-state index contributed by atoms with van der Waals surface area (Å²) >= 11 is 0. The highest BCUT2D eigenvalue weighted by atomic mass is 19.1. The monoisotopic (exact) mass is 340 g/mol. The number of hydrogen-bond donors (Lipinski definition) is 0. The van der Waals surface area contributed by atoms with Gasteiger partial charge in [-0.15, -0.1) is 0 Å². The molecular formula is C24H17FO. The quantitative estimate of drug-likeness (QED) is 0.318. The van der Waals surface area contributed by atoms with E-state index in [1.54, 1.807) is 12.1 Å². The third kappa shape index (κ3) is 3.22. The maximum Gasteiger partial charge on any atom is 0.135 e. The lowest BCUT2D eigenvalue weighted by Gasteiger charge is -2.01. The van der Waals surface area contributed by atoms with Crippen molar-refractivity contribution in [3.05, 3.63) is 109 Å². The molecule has 0 bridgehead atoms. The minimum Gasteiger partial charge on any atom is -0.456 e. The third-order valence-electron chi connectivity index (χ3n) is 4.24. The van der Waals surface area contributed by atoms with Gasteiger partial charge in [-0.1, -0.05) is 84.9 Å². The Bertz CT molecular complexity index is 1090. The molecule has 0 saturated carbocycles. The van der Waals surface area contributed by atoms with E-state index in [1.807, 2.05) is 72.8 Å². The Labute approximate surface area is 151 Å². The van der Waals surface area contributed by atoms with E-state index in [1.165, 1.54) is 16.8 Å². The summed E-state index contributed by atoms with van der Waals surface area (Å²) in [6, 6.07) is 32.5. The smallest absolute Gasteiger partial charge is 0.135 e. The fourth-order valence-corrected chi connectivity index (χ4v) is 2.99. The highest BCUT2D eigenvalue weighted by Gasteiger charge is 2.03. The number of para-hydroxylation sites is 2. The van der Waals surface area contributed by atoms with Crippen molar-refractivity contribution < 1.29 is 8.81 Å². The van der Waals surface area contributed by atoms with Crippen molar-refractivity contribution in [1.29, 1.82) is 0 Å². The minimum absolute atomic E-state index is 0.172. The van der Waals surface area contributed by atoms with Crippen LogP contribution in [0.25, 0.3) is 33.1 Å². The number of hydrogen-bond acceptors (Lipinski definition) is 1. The highest BCUT2D eigenvalue weighted by Crippen LogP contribution is 2.27. The molecule has 0 radical (unpaired) electrons. The van der Waals surface area contributed by atoms with E-state index in [0.717, 1.165) is 16.7 Å². The predicted octanol–water partition coefficient (Wildman–Crippen LogP) is 7.08. The van der Waals surface area contributed by atoms with Crippen molar-refractivity contribution in [1.82, 2.24) is 0 Å². The van der Waals surface area contributed by atoms with Gasteiger partial charge in [0.05, 0.1) is 0 Å². The molecule has 0 N–H and O–H groups in total. The first-order valence-electron chi connectivity index (χ1n) is 8.49. The van der Waals surface area contributed by atoms with E-state index in [0.29, 0.717) is 5.56 Å². The number of benzene rings is 4. The molecular weight excluding hydrogens is 323 g/mol. The molecule has 0 aliphatic carbocycles. The topological polar surface area (TPSA) is 13.1 Å². The molecule has 0 fully saturated rings. The minimum atomic E-state index is -0.172. The zero-order valence-corrected chi connectivity index (χ0v) is 14.1. The van der Waals surface area contributed by atoms with E-state index in [9.17, 15) is 4.39 Å². The second-order valence-electron chi connectivity index (χ2n) is 5.94. The summed E-state index contributed by atoms with van der Waals surface area (Å²) in [5.74, 6) is -0.172. The average Bonchev–Trinajstić information content (AvgIpc) is 3.08. The van der Waals surface area contributed by atoms with E-state index in [4.69, 9.17) is 4.42 Å². The van der Waals surface area contributed by atoms with Crippen LogP contribution in [0.15, 0.2) is 108 Å². The van der Waals surface area contributed by atoms with Gasteiger partial charge in [-0.3, -0.25) is 0 Å². The van der Waals surface area contributed by atoms with Gasteiger partial charge in [0.1, 0.15) is 17.0 Å². The molecule has 0 spiro atoms. The van der Waals surface area contributed by atoms with Crippen LogP contribution in [-0.2, 0) is 0 Å². The van der Waals surface area contributed by atoms with Gasteiger partial charge in [0.2, 0.25) is 0 Å². The Morgan fingerprint density at radius 3 is 1.62 bits per heavy atom. The summed E-state index contributed by atoms with van der Waals surface area (Å²) < 4.78 is 18.9. The van der Waals surface area contributed by atoms with Crippen LogP contribution in [0.3, 0.4) is 0 Å². The summed E-state index contributed by atoms with van der Waals surface area (Å²) in [4.78, 5) is 0. The van der Waals surface area contributed by atoms with E-state index >= 15 is 0 Å². The van der Waals surface area contributed by atoms with Crippen molar-refractivity contribution >= 4 is 21.9 Å². The van der Waals surface area contributed by atoms with Crippen LogP contribution >= 0.6 is 0 Å². The van der Waals surface area contributed by atoms with Gasteiger partial charge in [0.25, 0.3) is 0 Å². The van der Waals surface area contributed by atoms with Crippen LogP contribution in [0.1, 0.15) is 0 Å². The maximum atomic E-state index is 13.3. The van der Waals surface area contributed by atoms with E-state index < -0.39 is 0 Å². The summed E-state index contributed by atoms with van der Waals surface area (Å²) in [5, 5.41) is 2.39. The van der Waals surface area contributed by atoms with Gasteiger partial charge >= 0.3 is 0 Å². The molecule has 26 heavy (non-hydrogen) atoms. The summed E-state index contributed by atoms with van der Waals surface area (Å²) in [6.45, 7) is 0. The first-order valence-corrected chi connectivity index (χ1v) is 8.49. The lowest BCUT2D eigenvalue weighted by Crippen LogP contribution is -1.81. The fraction of sp³-hybridized carbons (Fsp3) is 0. The largest absolute Gasteiger partial charge is 0.456 e. The van der Waals surface area contributed by atoms with Crippen LogP contribution in [0, 0.1) is 5.82 Å². The Kier molecular flexibility index (Phi) is 4.48. The standard InChI is InChI=1S/C12H9F.C12H8O/c13-12-9-5-4-8-11(12)10-6-2-1-3-7-10;1-3-7-11-9(5-1)10-6-2-4-8-12(10)13-11/h1-9H;1-8H. The first kappa shape index (κ1) is 16.1. The summed E-state index contributed by atoms with van der Waals surface area (Å²) in [5.41, 5.74) is 3.50. The molecule has 5 rings (SSSR count). The Morgan fingerprint density at radius 1 is 0.500 bits per heavy atom. The van der Waals surface area contributed by atoms with Crippen LogP contribution < -0.4 is 0 Å². The molecule has 0 amide bonds. The molecule has 0 aliphatic heterocycles. The van der Waals surface area contributed by atoms with Crippen LogP contribution in [0.5, 0.6) is 0 Å². The molecule has 1 nitrogen and oxygen atoms in total. The lowest BCUT2D eigenvalue weighted by atomic mass is 10.1. The number of rotatable bonds is 1. The van der Waals surface area contributed by atoms with Crippen molar-refractivity contribution in [2.45, 2.75) is 0 Å². The molecule has 1 heterocycles. The van der Waals surface area contributed by atoms with Crippen LogP contribution in [0.4, 0.5) is 4.39 Å². The fourth-order valence-electron chi connectivity index (χ4n) is 2.99. The summed E-state index contributed by atoms with van der Waals surface area (Å²) in [7, 11) is 0. The average molecular weight is 340 g/mol. The first-order chi connectivity index (χ1) is 12.8. The molecule has 0 aliphatic rings. The molecule has 0 saturated heterocycles. The van der Waals surface area contributed by atoms with Crippen LogP contribution in [0.2, 0.25) is 0 Å². The van der Waals surface area contributed by atoms with E-state index in [-0.39, 0.29) is 5.82 Å². The van der Waals surface area contributed by atoms with Gasteiger partial charge in [0, 0.05) is 16.3 Å². The Morgan fingerprint density at radius 2 is 1.00 bits per heavy atom. The van der Waals surface area contributed by atoms with Crippen molar-refractivity contribution in [2.24, 2.45) is 0 Å². The number of furan rings is 1. The SMILES string of the molecule is Fc1ccccc1-c1ccccc1.c1ccc2c(c1)oc1ccccc12. The Balaban J connectivity index is 0.000000129. The zero-order valence-electron chi connectivity index (χ0n) is 14.1. The third-order valence-corrected chi connectivity index (χ3v) is 4.24. The second-order valence-corrected chi connectivity index (χ2v) is 5.94. The highest BCUT2D eigenvalue weighted by molar-refractivity contribution is 6.04. The molecule has 0 atom stereocenters. The molecule has 1 aromatic heterocycles. The molecule has 5 aromatic rings. The van der Waals surface area contributed by atoms with Crippen molar-refractivity contribution in [2.75, 3.05) is 0 Å². The maximum absolute atomic E-state index is 13.3. The molecule has 4 aromatic carbocycles. The number of fused-ring (bicyclic) bond motifs is 3. The van der Waals surface area contributed by atoms with Crippen molar-refractivity contribution in [3.63, 3.8) is 0 Å². The van der Waals surface area contributed by atoms with Gasteiger partial charge < -0.3 is 4.42 Å². The van der Waals surface area contributed by atoms with Crippen LogP contribution in [-0.4, -0.2) is 0 Å². The van der Waals surface area contributed by atoms with Crippen molar-refractivity contribution in [3.8, 4) is 11.1 Å². The molecule has 2 heteroatoms. The van der Waals surface area contributed by atoms with Gasteiger partial charge in [0.15, 0.2) is 0 Å². The number of halogens is 1. The zero-order chi connectivity index (χ0) is 17.8. The normalized spacial score (nSPS) is 10.5. The van der Waals surface area contributed by atoms with Gasteiger partial charge in [-0.25, -0.2) is 4.39 Å². The lowest BCUT2D eigenvalue weighted by molar-refractivity contribution is 0.631. The predicted molar refractivity (Wildman–Crippen MR) is 106 cm³/mol. The molecule has 126 valence electrons. The van der Waals surface area contributed by atoms with Gasteiger partial charge in [-0.05, 0) is 23.8 Å². The van der Waals surface area contributed by atoms with Gasteiger partial charge in [-0.2, -0.15) is 0 Å². The second kappa shape index (κ2) is 7.24. The molecule has 0 unspecified atom stereocenters. The Hall–Kier alpha value is -3.39. The summed E-state index contributed by atoms with van der Waals surface area (Å²) in [6.07, 6.45) is 0.